The van der Waals surface area contributed by atoms with E-state index in [0.717, 1.165) is 19.4 Å². The number of carbonyl (C=O) groups excluding carboxylic acids is 1. The van der Waals surface area contributed by atoms with Crippen molar-refractivity contribution in [3.05, 3.63) is 11.6 Å². The van der Waals surface area contributed by atoms with E-state index in [0.29, 0.717) is 12.4 Å². The maximum Gasteiger partial charge on any atom is 0.291 e. The van der Waals surface area contributed by atoms with Gasteiger partial charge in [0.1, 0.15) is 5.82 Å². The zero-order valence-electron chi connectivity index (χ0n) is 9.32. The second kappa shape index (κ2) is 5.07. The summed E-state index contributed by atoms with van der Waals surface area (Å²) >= 11 is 0. The van der Waals surface area contributed by atoms with Crippen molar-refractivity contribution in [1.29, 1.82) is 0 Å². The average molecular weight is 224 g/mol. The van der Waals surface area contributed by atoms with Crippen LogP contribution in [0.25, 0.3) is 0 Å². The highest BCUT2D eigenvalue weighted by molar-refractivity contribution is 5.90. The van der Waals surface area contributed by atoms with E-state index in [2.05, 4.69) is 20.5 Å². The summed E-state index contributed by atoms with van der Waals surface area (Å²) in [6.45, 7) is 3.08. The lowest BCUT2D eigenvalue weighted by Gasteiger charge is -2.22. The minimum Gasteiger partial charge on any atom is -0.376 e. The molecule has 16 heavy (non-hydrogen) atoms. The normalized spacial score (nSPS) is 20.7. The number of rotatable bonds is 3. The molecule has 2 N–H and O–H groups in total. The Balaban J connectivity index is 1.79. The van der Waals surface area contributed by atoms with Gasteiger partial charge in [0.2, 0.25) is 5.82 Å². The van der Waals surface area contributed by atoms with Crippen LogP contribution in [0.5, 0.6) is 0 Å². The molecular weight excluding hydrogens is 208 g/mol. The number of nitrogens with one attached hydrogen (secondary N) is 2. The fourth-order valence-electron chi connectivity index (χ4n) is 1.70. The first-order valence-corrected chi connectivity index (χ1v) is 5.54. The predicted molar refractivity (Wildman–Crippen MR) is 57.0 cm³/mol. The number of amides is 1. The number of H-pyrrole nitrogens is 1. The molecule has 6 nitrogen and oxygen atoms in total. The Hall–Kier alpha value is -1.43. The quantitative estimate of drug-likeness (QED) is 0.779. The van der Waals surface area contributed by atoms with Crippen LogP contribution in [0.15, 0.2) is 0 Å². The molecule has 1 atom stereocenters. The van der Waals surface area contributed by atoms with Gasteiger partial charge in [0.15, 0.2) is 0 Å². The number of aryl methyl sites for hydroxylation is 1. The fourth-order valence-corrected chi connectivity index (χ4v) is 1.70. The third-order valence-electron chi connectivity index (χ3n) is 2.56. The summed E-state index contributed by atoms with van der Waals surface area (Å²) in [5.41, 5.74) is 0. The summed E-state index contributed by atoms with van der Waals surface area (Å²) in [4.78, 5) is 15.5. The maximum absolute atomic E-state index is 11.6. The van der Waals surface area contributed by atoms with Crippen LogP contribution in [0.3, 0.4) is 0 Å². The first-order chi connectivity index (χ1) is 7.75. The van der Waals surface area contributed by atoms with Crippen LogP contribution < -0.4 is 5.32 Å². The highest BCUT2D eigenvalue weighted by Crippen LogP contribution is 2.11. The van der Waals surface area contributed by atoms with Gasteiger partial charge in [0, 0.05) is 13.2 Å². The molecule has 1 aromatic rings. The van der Waals surface area contributed by atoms with Crippen molar-refractivity contribution >= 4 is 5.91 Å². The zero-order chi connectivity index (χ0) is 11.4. The molecule has 0 aromatic carbocycles. The Morgan fingerprint density at radius 2 is 2.50 bits per heavy atom. The number of carbonyl (C=O) groups is 1. The number of ether oxygens (including phenoxy) is 1. The molecular formula is C10H16N4O2. The summed E-state index contributed by atoms with van der Waals surface area (Å²) < 4.78 is 5.51. The molecule has 6 heteroatoms. The van der Waals surface area contributed by atoms with E-state index in [1.165, 1.54) is 6.42 Å². The van der Waals surface area contributed by atoms with Crippen molar-refractivity contribution in [3.8, 4) is 0 Å². The van der Waals surface area contributed by atoms with Gasteiger partial charge in [-0.3, -0.25) is 9.89 Å². The lowest BCUT2D eigenvalue weighted by molar-refractivity contribution is 0.0168. The Bertz CT molecular complexity index is 357. The van der Waals surface area contributed by atoms with Gasteiger partial charge in [-0.2, -0.15) is 0 Å². The predicted octanol–water partition coefficient (Wildman–Crippen LogP) is 0.412. The van der Waals surface area contributed by atoms with Crippen LogP contribution in [0, 0.1) is 6.92 Å². The molecule has 0 spiro atoms. The van der Waals surface area contributed by atoms with Crippen molar-refractivity contribution in [2.24, 2.45) is 0 Å². The SMILES string of the molecule is Cc1nc(C(=O)NCC2CCCCO2)n[nH]1. The molecule has 0 aliphatic carbocycles. The zero-order valence-corrected chi connectivity index (χ0v) is 9.32. The minimum absolute atomic E-state index is 0.137. The fraction of sp³-hybridized carbons (Fsp3) is 0.700. The largest absolute Gasteiger partial charge is 0.376 e. The van der Waals surface area contributed by atoms with Gasteiger partial charge in [-0.1, -0.05) is 0 Å². The highest BCUT2D eigenvalue weighted by atomic mass is 16.5. The number of aromatic amines is 1. The second-order valence-corrected chi connectivity index (χ2v) is 3.94. The number of hydrogen-bond donors (Lipinski definition) is 2. The summed E-state index contributed by atoms with van der Waals surface area (Å²) in [6, 6.07) is 0. The highest BCUT2D eigenvalue weighted by Gasteiger charge is 2.16. The van der Waals surface area contributed by atoms with E-state index >= 15 is 0 Å². The van der Waals surface area contributed by atoms with Gasteiger partial charge in [-0.05, 0) is 26.2 Å². The van der Waals surface area contributed by atoms with Crippen molar-refractivity contribution < 1.29 is 9.53 Å². The second-order valence-electron chi connectivity index (χ2n) is 3.94. The molecule has 0 bridgehead atoms. The van der Waals surface area contributed by atoms with Crippen molar-refractivity contribution in [2.75, 3.05) is 13.2 Å². The van der Waals surface area contributed by atoms with Gasteiger partial charge in [-0.25, -0.2) is 4.98 Å². The molecule has 1 unspecified atom stereocenters. The Morgan fingerprint density at radius 1 is 1.62 bits per heavy atom. The summed E-state index contributed by atoms with van der Waals surface area (Å²) in [5.74, 6) is 0.575. The van der Waals surface area contributed by atoms with Gasteiger partial charge < -0.3 is 10.1 Å². The third-order valence-corrected chi connectivity index (χ3v) is 2.56. The Labute approximate surface area is 93.8 Å². The van der Waals surface area contributed by atoms with Gasteiger partial charge >= 0.3 is 0 Å². The molecule has 88 valence electrons. The van der Waals surface area contributed by atoms with E-state index in [1.54, 1.807) is 6.92 Å². The van der Waals surface area contributed by atoms with Crippen LogP contribution in [-0.4, -0.2) is 40.3 Å². The topological polar surface area (TPSA) is 79.9 Å². The smallest absolute Gasteiger partial charge is 0.291 e. The average Bonchev–Trinajstić information content (AvgIpc) is 2.74. The van der Waals surface area contributed by atoms with Crippen molar-refractivity contribution in [3.63, 3.8) is 0 Å². The monoisotopic (exact) mass is 224 g/mol. The molecule has 0 saturated carbocycles. The standard InChI is InChI=1S/C10H16N4O2/c1-7-12-9(14-13-7)10(15)11-6-8-4-2-3-5-16-8/h8H,2-6H2,1H3,(H,11,15)(H,12,13,14). The Morgan fingerprint density at radius 3 is 3.12 bits per heavy atom. The van der Waals surface area contributed by atoms with Gasteiger partial charge in [-0.15, -0.1) is 5.10 Å². The molecule has 1 aliphatic heterocycles. The Kier molecular flexibility index (Phi) is 3.51. The molecule has 1 aliphatic rings. The van der Waals surface area contributed by atoms with E-state index in [9.17, 15) is 4.79 Å². The third kappa shape index (κ3) is 2.79. The summed E-state index contributed by atoms with van der Waals surface area (Å²) in [7, 11) is 0. The van der Waals surface area contributed by atoms with Crippen LogP contribution in [0.1, 0.15) is 35.7 Å². The lowest BCUT2D eigenvalue weighted by Crippen LogP contribution is -2.35. The first kappa shape index (κ1) is 11.1. The first-order valence-electron chi connectivity index (χ1n) is 5.54. The van der Waals surface area contributed by atoms with Crippen molar-refractivity contribution in [2.45, 2.75) is 32.3 Å². The van der Waals surface area contributed by atoms with E-state index in [4.69, 9.17) is 4.74 Å². The lowest BCUT2D eigenvalue weighted by atomic mass is 10.1. The molecule has 1 amide bonds. The molecule has 2 heterocycles. The molecule has 0 radical (unpaired) electrons. The van der Waals surface area contributed by atoms with Gasteiger partial charge in [0.05, 0.1) is 6.10 Å². The van der Waals surface area contributed by atoms with Crippen LogP contribution >= 0.6 is 0 Å². The van der Waals surface area contributed by atoms with E-state index < -0.39 is 0 Å². The molecule has 1 saturated heterocycles. The minimum atomic E-state index is -0.251. The van der Waals surface area contributed by atoms with E-state index in [1.807, 2.05) is 0 Å². The van der Waals surface area contributed by atoms with E-state index in [-0.39, 0.29) is 17.8 Å². The van der Waals surface area contributed by atoms with Crippen LogP contribution in [0.2, 0.25) is 0 Å². The summed E-state index contributed by atoms with van der Waals surface area (Å²) in [6.07, 6.45) is 3.43. The van der Waals surface area contributed by atoms with Crippen LogP contribution in [0.4, 0.5) is 0 Å². The number of aromatic nitrogens is 3. The van der Waals surface area contributed by atoms with Crippen molar-refractivity contribution in [1.82, 2.24) is 20.5 Å². The number of hydrogen-bond acceptors (Lipinski definition) is 4. The van der Waals surface area contributed by atoms with Crippen LogP contribution in [-0.2, 0) is 4.74 Å². The van der Waals surface area contributed by atoms with Gasteiger partial charge in [0.25, 0.3) is 5.91 Å². The maximum atomic E-state index is 11.6. The summed E-state index contributed by atoms with van der Waals surface area (Å²) in [5, 5.41) is 9.20. The number of nitrogens with zero attached hydrogens (tertiary/aromatic N) is 2. The molecule has 1 fully saturated rings. The molecule has 2 rings (SSSR count). The molecule has 1 aromatic heterocycles.